The summed E-state index contributed by atoms with van der Waals surface area (Å²) in [4.78, 5) is 25.3. The summed E-state index contributed by atoms with van der Waals surface area (Å²) in [6, 6.07) is 8.91. The number of methoxy groups -OCH3 is 1. The van der Waals surface area contributed by atoms with Crippen LogP contribution in [0.1, 0.15) is 18.9 Å². The van der Waals surface area contributed by atoms with Crippen molar-refractivity contribution in [1.82, 2.24) is 4.90 Å². The van der Waals surface area contributed by atoms with Gasteiger partial charge in [-0.1, -0.05) is 37.3 Å². The van der Waals surface area contributed by atoms with Gasteiger partial charge in [-0.15, -0.1) is 0 Å². The zero-order chi connectivity index (χ0) is 14.5. The van der Waals surface area contributed by atoms with Gasteiger partial charge in [-0.2, -0.15) is 0 Å². The molecular formula is C15H19NO4. The van der Waals surface area contributed by atoms with Gasteiger partial charge in [0.05, 0.1) is 7.11 Å². The van der Waals surface area contributed by atoms with Crippen molar-refractivity contribution in [2.45, 2.75) is 26.0 Å². The highest BCUT2D eigenvalue weighted by Crippen LogP contribution is 2.25. The number of rotatable bonds is 3. The molecule has 0 bridgehead atoms. The highest BCUT2D eigenvalue weighted by molar-refractivity contribution is 5.82. The predicted molar refractivity (Wildman–Crippen MR) is 72.9 cm³/mol. The zero-order valence-electron chi connectivity index (χ0n) is 11.7. The summed E-state index contributed by atoms with van der Waals surface area (Å²) < 4.78 is 10.0. The number of likely N-dealkylation sites (tertiary alicyclic amines) is 1. The summed E-state index contributed by atoms with van der Waals surface area (Å²) in [7, 11) is 1.33. The highest BCUT2D eigenvalue weighted by atomic mass is 16.6. The fourth-order valence-electron chi connectivity index (χ4n) is 2.43. The van der Waals surface area contributed by atoms with Crippen molar-refractivity contribution in [2.75, 3.05) is 13.7 Å². The molecule has 1 aromatic rings. The normalized spacial score (nSPS) is 21.6. The fourth-order valence-corrected chi connectivity index (χ4v) is 2.43. The van der Waals surface area contributed by atoms with Gasteiger partial charge in [0.2, 0.25) is 0 Å². The van der Waals surface area contributed by atoms with Crippen LogP contribution in [0.25, 0.3) is 0 Å². The Morgan fingerprint density at radius 1 is 1.30 bits per heavy atom. The Balaban J connectivity index is 1.96. The third-order valence-electron chi connectivity index (χ3n) is 3.58. The molecule has 20 heavy (non-hydrogen) atoms. The number of hydrogen-bond acceptors (Lipinski definition) is 4. The number of carbonyl (C=O) groups is 2. The first-order chi connectivity index (χ1) is 9.63. The van der Waals surface area contributed by atoms with E-state index in [2.05, 4.69) is 0 Å². The average molecular weight is 277 g/mol. The lowest BCUT2D eigenvalue weighted by molar-refractivity contribution is -0.146. The minimum Gasteiger partial charge on any atom is -0.467 e. The molecule has 5 nitrogen and oxygen atoms in total. The summed E-state index contributed by atoms with van der Waals surface area (Å²) >= 11 is 0. The van der Waals surface area contributed by atoms with E-state index in [1.54, 1.807) is 0 Å². The molecule has 1 aliphatic heterocycles. The number of benzene rings is 1. The molecule has 1 aromatic carbocycles. The topological polar surface area (TPSA) is 55.8 Å². The lowest BCUT2D eigenvalue weighted by Gasteiger charge is -2.24. The van der Waals surface area contributed by atoms with Crippen LogP contribution in [0.15, 0.2) is 30.3 Å². The zero-order valence-corrected chi connectivity index (χ0v) is 11.7. The molecule has 1 amide bonds. The Morgan fingerprint density at radius 2 is 2.00 bits per heavy atom. The van der Waals surface area contributed by atoms with Crippen LogP contribution in [0.2, 0.25) is 0 Å². The smallest absolute Gasteiger partial charge is 0.410 e. The van der Waals surface area contributed by atoms with Gasteiger partial charge in [-0.3, -0.25) is 4.90 Å². The molecule has 2 atom stereocenters. The molecule has 0 aromatic heterocycles. The van der Waals surface area contributed by atoms with E-state index in [0.29, 0.717) is 6.54 Å². The standard InChI is InChI=1S/C15H19NO4/c1-11-8-9-16(13(11)14(17)19-2)15(18)20-10-12-6-4-3-5-7-12/h3-7,11,13H,8-10H2,1-2H3/t11-,13+/m1/s1. The Hall–Kier alpha value is -2.04. The molecule has 0 saturated carbocycles. The molecule has 0 unspecified atom stereocenters. The lowest BCUT2D eigenvalue weighted by Crippen LogP contribution is -2.43. The van der Waals surface area contributed by atoms with Gasteiger partial charge in [0, 0.05) is 6.54 Å². The summed E-state index contributed by atoms with van der Waals surface area (Å²) in [6.07, 6.45) is 0.314. The van der Waals surface area contributed by atoms with Gasteiger partial charge in [-0.25, -0.2) is 9.59 Å². The Kier molecular flexibility index (Phi) is 4.61. The van der Waals surface area contributed by atoms with E-state index in [9.17, 15) is 9.59 Å². The second kappa shape index (κ2) is 6.41. The summed E-state index contributed by atoms with van der Waals surface area (Å²) in [5, 5.41) is 0. The van der Waals surface area contributed by atoms with Crippen LogP contribution in [0.4, 0.5) is 4.79 Å². The Morgan fingerprint density at radius 3 is 2.65 bits per heavy atom. The van der Waals surface area contributed by atoms with Crippen molar-refractivity contribution >= 4 is 12.1 Å². The van der Waals surface area contributed by atoms with E-state index in [0.717, 1.165) is 12.0 Å². The maximum absolute atomic E-state index is 12.1. The van der Waals surface area contributed by atoms with E-state index < -0.39 is 12.1 Å². The largest absolute Gasteiger partial charge is 0.467 e. The van der Waals surface area contributed by atoms with Gasteiger partial charge in [0.1, 0.15) is 12.6 Å². The molecule has 108 valence electrons. The minimum absolute atomic E-state index is 0.0896. The molecule has 5 heteroatoms. The first-order valence-corrected chi connectivity index (χ1v) is 6.68. The van der Waals surface area contributed by atoms with E-state index in [1.165, 1.54) is 12.0 Å². The van der Waals surface area contributed by atoms with Crippen molar-refractivity contribution < 1.29 is 19.1 Å². The molecule has 1 aliphatic rings. The van der Waals surface area contributed by atoms with Gasteiger partial charge < -0.3 is 9.47 Å². The van der Waals surface area contributed by atoms with Crippen molar-refractivity contribution in [3.05, 3.63) is 35.9 Å². The third kappa shape index (κ3) is 3.10. The van der Waals surface area contributed by atoms with Crippen molar-refractivity contribution in [2.24, 2.45) is 5.92 Å². The number of esters is 1. The molecular weight excluding hydrogens is 258 g/mol. The summed E-state index contributed by atoms with van der Waals surface area (Å²) in [5.41, 5.74) is 0.919. The number of ether oxygens (including phenoxy) is 2. The van der Waals surface area contributed by atoms with E-state index in [4.69, 9.17) is 9.47 Å². The maximum atomic E-state index is 12.1. The minimum atomic E-state index is -0.539. The number of carbonyl (C=O) groups excluding carboxylic acids is 2. The van der Waals surface area contributed by atoms with Crippen LogP contribution in [0.5, 0.6) is 0 Å². The molecule has 0 N–H and O–H groups in total. The fraction of sp³-hybridized carbons (Fsp3) is 0.467. The van der Waals surface area contributed by atoms with Crippen LogP contribution in [0, 0.1) is 5.92 Å². The number of nitrogens with zero attached hydrogens (tertiary/aromatic N) is 1. The predicted octanol–water partition coefficient (Wildman–Crippen LogP) is 2.21. The van der Waals surface area contributed by atoms with Crippen LogP contribution >= 0.6 is 0 Å². The average Bonchev–Trinajstić information content (AvgIpc) is 2.87. The van der Waals surface area contributed by atoms with Crippen LogP contribution in [-0.4, -0.2) is 36.7 Å². The second-order valence-corrected chi connectivity index (χ2v) is 4.97. The quantitative estimate of drug-likeness (QED) is 0.795. The summed E-state index contributed by atoms with van der Waals surface area (Å²) in [6.45, 7) is 2.67. The molecule has 0 aliphatic carbocycles. The monoisotopic (exact) mass is 277 g/mol. The summed E-state index contributed by atoms with van der Waals surface area (Å²) in [5.74, 6) is -0.293. The molecule has 1 heterocycles. The molecule has 1 saturated heterocycles. The van der Waals surface area contributed by atoms with Crippen molar-refractivity contribution in [3.8, 4) is 0 Å². The van der Waals surface area contributed by atoms with Gasteiger partial charge >= 0.3 is 12.1 Å². The molecule has 2 rings (SSSR count). The highest BCUT2D eigenvalue weighted by Gasteiger charge is 2.41. The number of hydrogen-bond donors (Lipinski definition) is 0. The van der Waals surface area contributed by atoms with E-state index >= 15 is 0 Å². The van der Waals surface area contributed by atoms with Crippen molar-refractivity contribution in [1.29, 1.82) is 0 Å². The van der Waals surface area contributed by atoms with Gasteiger partial charge in [0.15, 0.2) is 0 Å². The SMILES string of the molecule is COC(=O)[C@@H]1[C@H](C)CCN1C(=O)OCc1ccccc1. The first kappa shape index (κ1) is 14.4. The third-order valence-corrected chi connectivity index (χ3v) is 3.58. The van der Waals surface area contributed by atoms with E-state index in [-0.39, 0.29) is 18.5 Å². The van der Waals surface area contributed by atoms with Gasteiger partial charge in [-0.05, 0) is 17.9 Å². The van der Waals surface area contributed by atoms with E-state index in [1.807, 2.05) is 37.3 Å². The lowest BCUT2D eigenvalue weighted by atomic mass is 10.0. The molecule has 0 radical (unpaired) electrons. The Labute approximate surface area is 118 Å². The Bertz CT molecular complexity index is 474. The first-order valence-electron chi connectivity index (χ1n) is 6.68. The maximum Gasteiger partial charge on any atom is 0.410 e. The second-order valence-electron chi connectivity index (χ2n) is 4.97. The number of amides is 1. The van der Waals surface area contributed by atoms with Crippen molar-refractivity contribution in [3.63, 3.8) is 0 Å². The van der Waals surface area contributed by atoms with Crippen LogP contribution < -0.4 is 0 Å². The molecule has 1 fully saturated rings. The van der Waals surface area contributed by atoms with Crippen LogP contribution in [0.3, 0.4) is 0 Å². The van der Waals surface area contributed by atoms with Gasteiger partial charge in [0.25, 0.3) is 0 Å². The molecule has 0 spiro atoms. The van der Waals surface area contributed by atoms with Crippen LogP contribution in [-0.2, 0) is 20.9 Å².